The quantitative estimate of drug-likeness (QED) is 0.628. The number of nitrogens with zero attached hydrogens (tertiary/aromatic N) is 5. The monoisotopic (exact) mass is 425 g/mol. The van der Waals surface area contributed by atoms with Crippen LogP contribution in [0.15, 0.2) is 41.4 Å². The molecule has 30 heavy (non-hydrogen) atoms. The van der Waals surface area contributed by atoms with Gasteiger partial charge in [-0.1, -0.05) is 0 Å². The predicted octanol–water partition coefficient (Wildman–Crippen LogP) is 2.91. The molecule has 8 nitrogen and oxygen atoms in total. The van der Waals surface area contributed by atoms with Crippen molar-refractivity contribution in [2.45, 2.75) is 19.0 Å². The van der Waals surface area contributed by atoms with Crippen LogP contribution in [0.5, 0.6) is 0 Å². The van der Waals surface area contributed by atoms with E-state index < -0.39 is 5.91 Å². The Hall–Kier alpha value is -3.29. The molecule has 2 atom stereocenters. The molecular formula is C20H20FN7OS. The number of primary amides is 1. The highest BCUT2D eigenvalue weighted by Gasteiger charge is 2.32. The third-order valence-electron chi connectivity index (χ3n) is 5.15. The summed E-state index contributed by atoms with van der Waals surface area (Å²) in [6.07, 6.45) is 2.27. The van der Waals surface area contributed by atoms with Crippen LogP contribution in [0.1, 0.15) is 28.5 Å². The first-order chi connectivity index (χ1) is 14.5. The number of nitriles is 1. The summed E-state index contributed by atoms with van der Waals surface area (Å²) in [6, 6.07) is 7.86. The number of aromatic nitrogens is 3. The van der Waals surface area contributed by atoms with Crippen LogP contribution < -0.4 is 11.1 Å². The average molecular weight is 425 g/mol. The minimum atomic E-state index is -0.630. The van der Waals surface area contributed by atoms with Gasteiger partial charge in [-0.2, -0.15) is 10.4 Å². The van der Waals surface area contributed by atoms with Crippen LogP contribution in [0.25, 0.3) is 0 Å². The van der Waals surface area contributed by atoms with Crippen LogP contribution in [0.3, 0.4) is 0 Å². The van der Waals surface area contributed by atoms with Crippen LogP contribution in [0.2, 0.25) is 0 Å². The molecule has 0 unspecified atom stereocenters. The standard InChI is InChI=1S/C20H20FN7OS/c21-14-1-3-15(4-2-14)25-20-17(19(23)29)9-28(26-20)18-10-27(6-5-13(18)7-22)8-16-11-30-12-24-16/h1-4,9,11-13,18H,5-6,8,10H2,(H2,23,29)(H,25,26)/t13-,18+/m0/s1. The summed E-state index contributed by atoms with van der Waals surface area (Å²) in [7, 11) is 0. The fourth-order valence-electron chi connectivity index (χ4n) is 3.61. The molecule has 0 aliphatic carbocycles. The van der Waals surface area contributed by atoms with E-state index in [2.05, 4.69) is 26.4 Å². The largest absolute Gasteiger partial charge is 0.365 e. The summed E-state index contributed by atoms with van der Waals surface area (Å²) in [5.41, 5.74) is 9.13. The minimum absolute atomic E-state index is 0.215. The molecule has 0 radical (unpaired) electrons. The van der Waals surface area contributed by atoms with E-state index in [1.165, 1.54) is 12.1 Å². The number of nitrogens with two attached hydrogens (primary N) is 1. The van der Waals surface area contributed by atoms with Gasteiger partial charge >= 0.3 is 0 Å². The van der Waals surface area contributed by atoms with Gasteiger partial charge in [0.2, 0.25) is 0 Å². The molecule has 1 saturated heterocycles. The zero-order valence-corrected chi connectivity index (χ0v) is 16.8. The lowest BCUT2D eigenvalue weighted by Crippen LogP contribution is -2.41. The van der Waals surface area contributed by atoms with E-state index in [-0.39, 0.29) is 29.2 Å². The lowest BCUT2D eigenvalue weighted by Gasteiger charge is -2.35. The molecule has 1 aliphatic rings. The van der Waals surface area contributed by atoms with Crippen molar-refractivity contribution in [3.8, 4) is 6.07 Å². The molecule has 2 aromatic heterocycles. The predicted molar refractivity (Wildman–Crippen MR) is 111 cm³/mol. The van der Waals surface area contributed by atoms with Crippen LogP contribution in [-0.2, 0) is 6.54 Å². The van der Waals surface area contributed by atoms with Gasteiger partial charge in [-0.15, -0.1) is 11.3 Å². The second kappa shape index (κ2) is 8.61. The van der Waals surface area contributed by atoms with E-state index in [9.17, 15) is 14.4 Å². The highest BCUT2D eigenvalue weighted by molar-refractivity contribution is 7.07. The maximum Gasteiger partial charge on any atom is 0.254 e. The van der Waals surface area contributed by atoms with Crippen LogP contribution in [0.4, 0.5) is 15.9 Å². The van der Waals surface area contributed by atoms with Gasteiger partial charge in [-0.05, 0) is 37.2 Å². The maximum atomic E-state index is 13.2. The molecular weight excluding hydrogens is 405 g/mol. The zero-order chi connectivity index (χ0) is 21.1. The maximum absolute atomic E-state index is 13.2. The van der Waals surface area contributed by atoms with E-state index in [0.29, 0.717) is 25.2 Å². The first-order valence-corrected chi connectivity index (χ1v) is 10.4. The lowest BCUT2D eigenvalue weighted by molar-refractivity contribution is 0.1000. The molecule has 10 heteroatoms. The molecule has 1 aromatic carbocycles. The number of hydrogen-bond donors (Lipinski definition) is 2. The molecule has 4 rings (SSSR count). The third kappa shape index (κ3) is 4.32. The number of benzene rings is 1. The van der Waals surface area contributed by atoms with Crippen LogP contribution >= 0.6 is 11.3 Å². The second-order valence-electron chi connectivity index (χ2n) is 7.17. The van der Waals surface area contributed by atoms with Gasteiger partial charge in [-0.3, -0.25) is 14.4 Å². The minimum Gasteiger partial charge on any atom is -0.365 e. The molecule has 154 valence electrons. The van der Waals surface area contributed by atoms with Gasteiger partial charge in [0.15, 0.2) is 5.82 Å². The number of carbonyl (C=O) groups excluding carboxylic acids is 1. The molecule has 1 aliphatic heterocycles. The number of hydrogen-bond acceptors (Lipinski definition) is 7. The molecule has 0 bridgehead atoms. The molecule has 1 amide bonds. The first kappa shape index (κ1) is 20.0. The Balaban J connectivity index is 1.59. The average Bonchev–Trinajstić information content (AvgIpc) is 3.40. The number of piperidine rings is 1. The van der Waals surface area contributed by atoms with E-state index >= 15 is 0 Å². The summed E-state index contributed by atoms with van der Waals surface area (Å²) in [5.74, 6) is -0.951. The number of halogens is 1. The molecule has 0 saturated carbocycles. The van der Waals surface area contributed by atoms with Crippen molar-refractivity contribution in [3.05, 3.63) is 58.4 Å². The SMILES string of the molecule is N#C[C@@H]1CCN(Cc2cscn2)C[C@H]1n1cc(C(N)=O)c(Nc2ccc(F)cc2)n1. The smallest absolute Gasteiger partial charge is 0.254 e. The van der Waals surface area contributed by atoms with Crippen molar-refractivity contribution in [2.75, 3.05) is 18.4 Å². The summed E-state index contributed by atoms with van der Waals surface area (Å²) in [5, 5.41) is 19.2. The fraction of sp³-hybridized carbons (Fsp3) is 0.300. The zero-order valence-electron chi connectivity index (χ0n) is 16.0. The summed E-state index contributed by atoms with van der Waals surface area (Å²) in [4.78, 5) is 18.5. The van der Waals surface area contributed by atoms with Crippen molar-refractivity contribution in [1.82, 2.24) is 19.7 Å². The van der Waals surface area contributed by atoms with Gasteiger partial charge in [0.1, 0.15) is 11.4 Å². The number of likely N-dealkylation sites (tertiary alicyclic amines) is 1. The van der Waals surface area contributed by atoms with Gasteiger partial charge in [-0.25, -0.2) is 9.37 Å². The Morgan fingerprint density at radius 2 is 2.20 bits per heavy atom. The highest BCUT2D eigenvalue weighted by atomic mass is 32.1. The number of amides is 1. The topological polar surface area (TPSA) is 113 Å². The number of thiazole rings is 1. The first-order valence-electron chi connectivity index (χ1n) is 9.44. The van der Waals surface area contributed by atoms with Crippen molar-refractivity contribution in [2.24, 2.45) is 11.7 Å². The summed E-state index contributed by atoms with van der Waals surface area (Å²) in [6.45, 7) is 2.09. The number of carbonyl (C=O) groups is 1. The molecule has 0 spiro atoms. The van der Waals surface area contributed by atoms with Crippen LogP contribution in [0, 0.1) is 23.1 Å². The van der Waals surface area contributed by atoms with Crippen molar-refractivity contribution in [3.63, 3.8) is 0 Å². The van der Waals surface area contributed by atoms with Gasteiger partial charge in [0, 0.05) is 30.4 Å². The Labute approximate surface area is 176 Å². The third-order valence-corrected chi connectivity index (χ3v) is 5.78. The lowest BCUT2D eigenvalue weighted by atomic mass is 9.93. The van der Waals surface area contributed by atoms with E-state index in [0.717, 1.165) is 12.2 Å². The molecule has 3 N–H and O–H groups in total. The van der Waals surface area contributed by atoms with Gasteiger partial charge in [0.25, 0.3) is 5.91 Å². The van der Waals surface area contributed by atoms with E-state index in [4.69, 9.17) is 5.73 Å². The number of anilines is 2. The van der Waals surface area contributed by atoms with Crippen molar-refractivity contribution in [1.29, 1.82) is 5.26 Å². The number of nitrogens with one attached hydrogen (secondary N) is 1. The summed E-state index contributed by atoms with van der Waals surface area (Å²) >= 11 is 1.55. The van der Waals surface area contributed by atoms with E-state index in [1.807, 2.05) is 5.38 Å². The number of rotatable bonds is 6. The summed E-state index contributed by atoms with van der Waals surface area (Å²) < 4.78 is 14.8. The van der Waals surface area contributed by atoms with Crippen molar-refractivity contribution >= 4 is 28.7 Å². The molecule has 3 aromatic rings. The normalized spacial score (nSPS) is 19.3. The Kier molecular flexibility index (Phi) is 5.74. The van der Waals surface area contributed by atoms with Crippen molar-refractivity contribution < 1.29 is 9.18 Å². The van der Waals surface area contributed by atoms with E-state index in [1.54, 1.807) is 39.9 Å². The van der Waals surface area contributed by atoms with Gasteiger partial charge in [0.05, 0.1) is 29.2 Å². The van der Waals surface area contributed by atoms with Gasteiger partial charge < -0.3 is 11.1 Å². The Morgan fingerprint density at radius 3 is 2.87 bits per heavy atom. The Morgan fingerprint density at radius 1 is 1.40 bits per heavy atom. The second-order valence-corrected chi connectivity index (χ2v) is 7.89. The molecule has 1 fully saturated rings. The van der Waals surface area contributed by atoms with Crippen LogP contribution in [-0.4, -0.2) is 38.7 Å². The molecule has 3 heterocycles. The Bertz CT molecular complexity index is 1060. The highest BCUT2D eigenvalue weighted by Crippen LogP contribution is 2.30. The fourth-order valence-corrected chi connectivity index (χ4v) is 4.16.